The summed E-state index contributed by atoms with van der Waals surface area (Å²) in [5.41, 5.74) is 2.32. The number of nitrogens with zero attached hydrogens (tertiary/aromatic N) is 5. The number of hydrogen-bond acceptors (Lipinski definition) is 7. The van der Waals surface area contributed by atoms with Gasteiger partial charge in [-0.05, 0) is 39.4 Å². The molecule has 5 heterocycles. The summed E-state index contributed by atoms with van der Waals surface area (Å²) in [5, 5.41) is 13.4. The summed E-state index contributed by atoms with van der Waals surface area (Å²) in [5.74, 6) is -2.93. The molecule has 12 heteroatoms. The summed E-state index contributed by atoms with van der Waals surface area (Å²) in [6, 6.07) is 2.75. The lowest BCUT2D eigenvalue weighted by Crippen LogP contribution is -2.26. The number of nitrogens with one attached hydrogen (secondary N) is 2. The number of benzene rings is 1. The molecule has 0 saturated carbocycles. The van der Waals surface area contributed by atoms with Crippen LogP contribution in [0.5, 0.6) is 0 Å². The van der Waals surface area contributed by atoms with Crippen LogP contribution >= 0.6 is 0 Å². The second kappa shape index (κ2) is 10.4. The highest BCUT2D eigenvalue weighted by Crippen LogP contribution is 2.44. The minimum absolute atomic E-state index is 0.0965. The van der Waals surface area contributed by atoms with Crippen molar-refractivity contribution in [1.29, 1.82) is 0 Å². The summed E-state index contributed by atoms with van der Waals surface area (Å²) < 4.78 is 32.1. The SMILES string of the molecule is CCNc1cc(F)c(F)c2c1[nH]c1ncc(-c3cnc4c(c3)c(=O)c(C(=O)O)cn4C)c(N3CCC(CN(C)C)C3)c12. The minimum Gasteiger partial charge on any atom is -0.477 e. The number of halogens is 2. The zero-order valence-electron chi connectivity index (χ0n) is 23.8. The molecule has 0 aliphatic carbocycles. The average Bonchev–Trinajstić information content (AvgIpc) is 3.57. The van der Waals surface area contributed by atoms with E-state index in [-0.39, 0.29) is 16.3 Å². The molecule has 4 aromatic heterocycles. The molecule has 1 saturated heterocycles. The number of carboxylic acid groups (broad SMARTS) is 1. The predicted octanol–water partition coefficient (Wildman–Crippen LogP) is 4.43. The van der Waals surface area contributed by atoms with Crippen LogP contribution in [0.2, 0.25) is 0 Å². The minimum atomic E-state index is -1.33. The Morgan fingerprint density at radius 2 is 2.00 bits per heavy atom. The van der Waals surface area contributed by atoms with E-state index >= 15 is 4.39 Å². The van der Waals surface area contributed by atoms with Crippen molar-refractivity contribution in [1.82, 2.24) is 24.4 Å². The number of fused-ring (bicyclic) bond motifs is 4. The van der Waals surface area contributed by atoms with E-state index in [1.807, 2.05) is 21.0 Å². The van der Waals surface area contributed by atoms with E-state index in [1.54, 1.807) is 25.5 Å². The number of pyridine rings is 3. The van der Waals surface area contributed by atoms with Gasteiger partial charge in [0.15, 0.2) is 11.6 Å². The van der Waals surface area contributed by atoms with Crippen molar-refractivity contribution in [3.05, 3.63) is 58.1 Å². The molecule has 0 radical (unpaired) electrons. The molecule has 0 bridgehead atoms. The third-order valence-corrected chi connectivity index (χ3v) is 7.91. The molecular formula is C30H31F2N7O3. The van der Waals surface area contributed by atoms with Gasteiger partial charge in [-0.1, -0.05) is 0 Å². The van der Waals surface area contributed by atoms with Gasteiger partial charge >= 0.3 is 5.97 Å². The summed E-state index contributed by atoms with van der Waals surface area (Å²) in [7, 11) is 5.66. The highest BCUT2D eigenvalue weighted by molar-refractivity contribution is 6.18. The second-order valence-corrected chi connectivity index (χ2v) is 11.1. The number of aromatic carboxylic acids is 1. The monoisotopic (exact) mass is 575 g/mol. The molecule has 42 heavy (non-hydrogen) atoms. The molecule has 1 aromatic carbocycles. The molecule has 1 aliphatic rings. The van der Waals surface area contributed by atoms with Gasteiger partial charge in [0.1, 0.15) is 16.9 Å². The van der Waals surface area contributed by atoms with E-state index in [1.165, 1.54) is 10.8 Å². The Labute approximate surface area is 239 Å². The molecule has 1 unspecified atom stereocenters. The molecule has 0 amide bonds. The van der Waals surface area contributed by atoms with Crippen LogP contribution in [0, 0.1) is 17.6 Å². The van der Waals surface area contributed by atoms with Crippen LogP contribution < -0.4 is 15.6 Å². The Hall–Kier alpha value is -4.58. The van der Waals surface area contributed by atoms with E-state index in [9.17, 15) is 19.1 Å². The number of carbonyl (C=O) groups is 1. The fourth-order valence-electron chi connectivity index (χ4n) is 6.18. The van der Waals surface area contributed by atoms with Crippen molar-refractivity contribution in [3.8, 4) is 11.1 Å². The van der Waals surface area contributed by atoms with E-state index in [2.05, 4.69) is 30.1 Å². The van der Waals surface area contributed by atoms with Gasteiger partial charge in [-0.3, -0.25) is 4.79 Å². The Kier molecular flexibility index (Phi) is 6.80. The van der Waals surface area contributed by atoms with Gasteiger partial charge in [-0.15, -0.1) is 0 Å². The average molecular weight is 576 g/mol. The van der Waals surface area contributed by atoms with Gasteiger partial charge in [-0.2, -0.15) is 0 Å². The quantitative estimate of drug-likeness (QED) is 0.261. The van der Waals surface area contributed by atoms with Crippen molar-refractivity contribution in [3.63, 3.8) is 0 Å². The lowest BCUT2D eigenvalue weighted by Gasteiger charge is -2.24. The van der Waals surface area contributed by atoms with Crippen LogP contribution in [0.4, 0.5) is 20.2 Å². The van der Waals surface area contributed by atoms with Crippen LogP contribution in [0.1, 0.15) is 23.7 Å². The first-order chi connectivity index (χ1) is 20.1. The molecule has 3 N–H and O–H groups in total. The summed E-state index contributed by atoms with van der Waals surface area (Å²) in [4.78, 5) is 41.5. The van der Waals surface area contributed by atoms with Crippen molar-refractivity contribution in [2.45, 2.75) is 13.3 Å². The zero-order chi connectivity index (χ0) is 29.9. The van der Waals surface area contributed by atoms with E-state index in [0.29, 0.717) is 70.3 Å². The largest absolute Gasteiger partial charge is 0.477 e. The first-order valence-corrected chi connectivity index (χ1v) is 13.8. The molecule has 1 atom stereocenters. The molecule has 218 valence electrons. The predicted molar refractivity (Wildman–Crippen MR) is 159 cm³/mol. The number of aryl methyl sites for hydroxylation is 1. The first-order valence-electron chi connectivity index (χ1n) is 13.8. The Balaban J connectivity index is 1.66. The van der Waals surface area contributed by atoms with Crippen molar-refractivity contribution in [2.24, 2.45) is 13.0 Å². The second-order valence-electron chi connectivity index (χ2n) is 11.1. The van der Waals surface area contributed by atoms with Crippen LogP contribution in [0.25, 0.3) is 44.1 Å². The van der Waals surface area contributed by atoms with Gasteiger partial charge in [0.05, 0.1) is 33.1 Å². The number of hydrogen-bond donors (Lipinski definition) is 3. The summed E-state index contributed by atoms with van der Waals surface area (Å²) >= 11 is 0. The summed E-state index contributed by atoms with van der Waals surface area (Å²) in [6.45, 7) is 4.61. The van der Waals surface area contributed by atoms with E-state index in [0.717, 1.165) is 19.0 Å². The van der Waals surface area contributed by atoms with Crippen LogP contribution in [0.3, 0.4) is 0 Å². The molecule has 10 nitrogen and oxygen atoms in total. The molecule has 1 fully saturated rings. The maximum atomic E-state index is 15.7. The molecule has 0 spiro atoms. The van der Waals surface area contributed by atoms with Gasteiger partial charge in [-0.25, -0.2) is 23.5 Å². The molecule has 6 rings (SSSR count). The van der Waals surface area contributed by atoms with Crippen LogP contribution in [0.15, 0.2) is 35.5 Å². The highest BCUT2D eigenvalue weighted by atomic mass is 19.2. The van der Waals surface area contributed by atoms with Crippen molar-refractivity contribution < 1.29 is 18.7 Å². The fourth-order valence-corrected chi connectivity index (χ4v) is 6.18. The maximum absolute atomic E-state index is 15.7. The number of anilines is 2. The van der Waals surface area contributed by atoms with Crippen molar-refractivity contribution in [2.75, 3.05) is 50.5 Å². The Morgan fingerprint density at radius 3 is 2.71 bits per heavy atom. The topological polar surface area (TPSA) is 119 Å². The molecular weight excluding hydrogens is 544 g/mol. The maximum Gasteiger partial charge on any atom is 0.341 e. The normalized spacial score (nSPS) is 15.5. The molecule has 1 aliphatic heterocycles. The van der Waals surface area contributed by atoms with Crippen LogP contribution in [-0.2, 0) is 7.05 Å². The fraction of sp³-hybridized carbons (Fsp3) is 0.333. The number of aromatic nitrogens is 4. The van der Waals surface area contributed by atoms with Gasteiger partial charge in [0.25, 0.3) is 0 Å². The number of carboxylic acids is 1. The Morgan fingerprint density at radius 1 is 1.21 bits per heavy atom. The summed E-state index contributed by atoms with van der Waals surface area (Å²) in [6.07, 6.45) is 5.39. The highest BCUT2D eigenvalue weighted by Gasteiger charge is 2.30. The number of rotatable bonds is 7. The smallest absolute Gasteiger partial charge is 0.341 e. The van der Waals surface area contributed by atoms with Gasteiger partial charge in [0, 0.05) is 69.0 Å². The number of aromatic amines is 1. The van der Waals surface area contributed by atoms with Crippen molar-refractivity contribution >= 4 is 50.3 Å². The lowest BCUT2D eigenvalue weighted by molar-refractivity contribution is 0.0695. The molecule has 5 aromatic rings. The van der Waals surface area contributed by atoms with Crippen LogP contribution in [-0.4, -0.2) is 75.8 Å². The standard InChI is InChI=1S/C30H31F2N7O3/c1-5-33-21-9-20(31)24(32)22-23-26(39-7-6-15(13-39)12-37(2)3)18(11-34-28(23)36-25(21)22)16-8-17-27(40)19(30(41)42)14-38(4)29(17)35-10-16/h8-11,14-15,33H,5-7,12-13H2,1-4H3,(H,34,36)(H,41,42). The first kappa shape index (κ1) is 27.6. The van der Waals surface area contributed by atoms with Gasteiger partial charge < -0.3 is 29.8 Å². The van der Waals surface area contributed by atoms with Gasteiger partial charge in [0.2, 0.25) is 5.43 Å². The Bertz CT molecular complexity index is 1950. The van der Waals surface area contributed by atoms with E-state index in [4.69, 9.17) is 0 Å². The lowest BCUT2D eigenvalue weighted by atomic mass is 10.0. The third-order valence-electron chi connectivity index (χ3n) is 7.91. The zero-order valence-corrected chi connectivity index (χ0v) is 23.8. The third kappa shape index (κ3) is 4.42. The van der Waals surface area contributed by atoms with E-state index < -0.39 is 23.0 Å². The number of H-pyrrole nitrogens is 1.